The van der Waals surface area contributed by atoms with Crippen molar-refractivity contribution in [2.75, 3.05) is 6.61 Å². The van der Waals surface area contributed by atoms with Gasteiger partial charge in [-0.3, -0.25) is 4.79 Å². The molecule has 138 valence electrons. The monoisotopic (exact) mass is 359 g/mol. The lowest BCUT2D eigenvalue weighted by molar-refractivity contribution is 0.0949. The Labute approximate surface area is 161 Å². The summed E-state index contributed by atoms with van der Waals surface area (Å²) in [5.41, 5.74) is 4.06. The van der Waals surface area contributed by atoms with Crippen molar-refractivity contribution in [2.45, 2.75) is 26.3 Å². The zero-order chi connectivity index (χ0) is 18.9. The van der Waals surface area contributed by atoms with Crippen molar-refractivity contribution >= 4 is 5.91 Å². The van der Waals surface area contributed by atoms with Gasteiger partial charge in [-0.15, -0.1) is 0 Å². The Balaban J connectivity index is 1.67. The van der Waals surface area contributed by atoms with Crippen LogP contribution in [0.25, 0.3) is 0 Å². The first-order valence-corrected chi connectivity index (χ1v) is 9.38. The van der Waals surface area contributed by atoms with Gasteiger partial charge in [0.1, 0.15) is 5.75 Å². The Morgan fingerprint density at radius 3 is 2.26 bits per heavy atom. The molecule has 0 fully saturated rings. The van der Waals surface area contributed by atoms with Crippen LogP contribution in [0.2, 0.25) is 0 Å². The van der Waals surface area contributed by atoms with Gasteiger partial charge in [-0.1, -0.05) is 66.7 Å². The zero-order valence-electron chi connectivity index (χ0n) is 15.7. The minimum atomic E-state index is -0.0510. The van der Waals surface area contributed by atoms with E-state index in [0.717, 1.165) is 35.3 Å². The first-order valence-electron chi connectivity index (χ1n) is 9.38. The molecule has 27 heavy (non-hydrogen) atoms. The van der Waals surface area contributed by atoms with E-state index in [0.29, 0.717) is 13.2 Å². The van der Waals surface area contributed by atoms with E-state index in [4.69, 9.17) is 4.74 Å². The summed E-state index contributed by atoms with van der Waals surface area (Å²) in [6.07, 6.45) is 1.75. The summed E-state index contributed by atoms with van der Waals surface area (Å²) in [5.74, 6) is 0.766. The smallest absolute Gasteiger partial charge is 0.251 e. The maximum atomic E-state index is 12.8. The summed E-state index contributed by atoms with van der Waals surface area (Å²) < 4.78 is 5.63. The van der Waals surface area contributed by atoms with Crippen molar-refractivity contribution in [1.29, 1.82) is 0 Å². The Kier molecular flexibility index (Phi) is 6.64. The van der Waals surface area contributed by atoms with Crippen LogP contribution in [-0.2, 0) is 19.4 Å². The molecule has 1 N–H and O–H groups in total. The predicted octanol–water partition coefficient (Wildman–Crippen LogP) is 4.80. The number of ether oxygens (including phenoxy) is 1. The molecular weight excluding hydrogens is 334 g/mol. The van der Waals surface area contributed by atoms with E-state index in [9.17, 15) is 4.79 Å². The van der Waals surface area contributed by atoms with E-state index in [1.807, 2.05) is 73.7 Å². The number of aryl methyl sites for hydroxylation is 2. The number of carbonyl (C=O) groups is 1. The third-order valence-corrected chi connectivity index (χ3v) is 4.50. The molecule has 1 amide bonds. The van der Waals surface area contributed by atoms with Crippen molar-refractivity contribution in [3.05, 3.63) is 101 Å². The van der Waals surface area contributed by atoms with Crippen molar-refractivity contribution in [3.63, 3.8) is 0 Å². The predicted molar refractivity (Wildman–Crippen MR) is 109 cm³/mol. The van der Waals surface area contributed by atoms with Gasteiger partial charge in [-0.2, -0.15) is 0 Å². The number of carbonyl (C=O) groups excluding carboxylic acids is 1. The van der Waals surface area contributed by atoms with Gasteiger partial charge in [0.25, 0.3) is 5.91 Å². The quantitative estimate of drug-likeness (QED) is 0.627. The standard InChI is InChI=1S/C24H25NO2/c1-2-27-23-15-9-7-13-21(23)18-25-24(26)22-14-8-6-12-20(22)17-16-19-10-4-3-5-11-19/h3-15H,2,16-18H2,1H3,(H,25,26). The minimum Gasteiger partial charge on any atom is -0.494 e. The van der Waals surface area contributed by atoms with Gasteiger partial charge >= 0.3 is 0 Å². The van der Waals surface area contributed by atoms with Crippen LogP contribution in [0.15, 0.2) is 78.9 Å². The molecule has 0 bridgehead atoms. The molecule has 3 nitrogen and oxygen atoms in total. The van der Waals surface area contributed by atoms with Gasteiger partial charge in [0, 0.05) is 17.7 Å². The van der Waals surface area contributed by atoms with Gasteiger partial charge in [0.15, 0.2) is 0 Å². The van der Waals surface area contributed by atoms with E-state index in [2.05, 4.69) is 17.4 Å². The first kappa shape index (κ1) is 18.7. The van der Waals surface area contributed by atoms with Crippen molar-refractivity contribution in [2.24, 2.45) is 0 Å². The maximum absolute atomic E-state index is 12.8. The number of benzene rings is 3. The van der Waals surface area contributed by atoms with Crippen LogP contribution in [0.4, 0.5) is 0 Å². The highest BCUT2D eigenvalue weighted by Gasteiger charge is 2.12. The Morgan fingerprint density at radius 1 is 0.815 bits per heavy atom. The molecule has 0 saturated carbocycles. The van der Waals surface area contributed by atoms with Crippen LogP contribution >= 0.6 is 0 Å². The molecule has 3 aromatic rings. The minimum absolute atomic E-state index is 0.0510. The average Bonchev–Trinajstić information content (AvgIpc) is 2.72. The Morgan fingerprint density at radius 2 is 1.48 bits per heavy atom. The Bertz CT molecular complexity index is 874. The van der Waals surface area contributed by atoms with E-state index in [-0.39, 0.29) is 5.91 Å². The SMILES string of the molecule is CCOc1ccccc1CNC(=O)c1ccccc1CCc1ccccc1. The van der Waals surface area contributed by atoms with Gasteiger partial charge in [0.2, 0.25) is 0 Å². The van der Waals surface area contributed by atoms with Gasteiger partial charge in [-0.05, 0) is 43.0 Å². The zero-order valence-corrected chi connectivity index (χ0v) is 15.7. The van der Waals surface area contributed by atoms with Crippen LogP contribution in [0.3, 0.4) is 0 Å². The molecule has 0 aliphatic rings. The number of hydrogen-bond donors (Lipinski definition) is 1. The molecule has 3 rings (SSSR count). The van der Waals surface area contributed by atoms with Crippen molar-refractivity contribution in [1.82, 2.24) is 5.32 Å². The van der Waals surface area contributed by atoms with Crippen LogP contribution in [0.1, 0.15) is 34.0 Å². The van der Waals surface area contributed by atoms with Crippen molar-refractivity contribution < 1.29 is 9.53 Å². The second kappa shape index (κ2) is 9.58. The molecule has 0 atom stereocenters. The third-order valence-electron chi connectivity index (χ3n) is 4.50. The molecule has 0 radical (unpaired) electrons. The molecule has 0 aliphatic heterocycles. The summed E-state index contributed by atoms with van der Waals surface area (Å²) in [6.45, 7) is 3.01. The third kappa shape index (κ3) is 5.20. The lowest BCUT2D eigenvalue weighted by Gasteiger charge is -2.13. The van der Waals surface area contributed by atoms with E-state index in [1.54, 1.807) is 0 Å². The lowest BCUT2D eigenvalue weighted by Crippen LogP contribution is -2.24. The fourth-order valence-corrected chi connectivity index (χ4v) is 3.10. The summed E-state index contributed by atoms with van der Waals surface area (Å²) in [4.78, 5) is 12.8. The number of hydrogen-bond acceptors (Lipinski definition) is 2. The molecule has 0 aromatic heterocycles. The van der Waals surface area contributed by atoms with Crippen LogP contribution < -0.4 is 10.1 Å². The van der Waals surface area contributed by atoms with E-state index in [1.165, 1.54) is 5.56 Å². The molecule has 3 heteroatoms. The molecular formula is C24H25NO2. The highest BCUT2D eigenvalue weighted by molar-refractivity contribution is 5.95. The van der Waals surface area contributed by atoms with E-state index >= 15 is 0 Å². The molecule has 3 aromatic carbocycles. The summed E-state index contributed by atoms with van der Waals surface area (Å²) in [6, 6.07) is 26.0. The molecule has 0 aliphatic carbocycles. The van der Waals surface area contributed by atoms with Gasteiger partial charge in [-0.25, -0.2) is 0 Å². The van der Waals surface area contributed by atoms with Crippen LogP contribution in [0, 0.1) is 0 Å². The van der Waals surface area contributed by atoms with E-state index < -0.39 is 0 Å². The lowest BCUT2D eigenvalue weighted by atomic mass is 9.99. The van der Waals surface area contributed by atoms with Crippen LogP contribution in [-0.4, -0.2) is 12.5 Å². The van der Waals surface area contributed by atoms with Crippen molar-refractivity contribution in [3.8, 4) is 5.75 Å². The fourth-order valence-electron chi connectivity index (χ4n) is 3.10. The topological polar surface area (TPSA) is 38.3 Å². The maximum Gasteiger partial charge on any atom is 0.251 e. The van der Waals surface area contributed by atoms with Gasteiger partial charge < -0.3 is 10.1 Å². The number of amides is 1. The second-order valence-electron chi connectivity index (χ2n) is 6.37. The highest BCUT2D eigenvalue weighted by atomic mass is 16.5. The second-order valence-corrected chi connectivity index (χ2v) is 6.37. The Hall–Kier alpha value is -3.07. The van der Waals surface area contributed by atoms with Gasteiger partial charge in [0.05, 0.1) is 6.61 Å². The first-order chi connectivity index (χ1) is 13.3. The van der Waals surface area contributed by atoms with Crippen LogP contribution in [0.5, 0.6) is 5.75 Å². The number of rotatable bonds is 8. The molecule has 0 spiro atoms. The summed E-state index contributed by atoms with van der Waals surface area (Å²) in [5, 5.41) is 3.03. The summed E-state index contributed by atoms with van der Waals surface area (Å²) in [7, 11) is 0. The average molecular weight is 359 g/mol. The summed E-state index contributed by atoms with van der Waals surface area (Å²) >= 11 is 0. The molecule has 0 saturated heterocycles. The normalized spacial score (nSPS) is 10.4. The largest absolute Gasteiger partial charge is 0.494 e. The number of para-hydroxylation sites is 1. The molecule has 0 heterocycles. The number of nitrogens with one attached hydrogen (secondary N) is 1. The fraction of sp³-hybridized carbons (Fsp3) is 0.208. The highest BCUT2D eigenvalue weighted by Crippen LogP contribution is 2.18. The molecule has 0 unspecified atom stereocenters.